The van der Waals surface area contributed by atoms with Gasteiger partial charge in [-0.3, -0.25) is 9.48 Å². The van der Waals surface area contributed by atoms with Crippen LogP contribution in [0.2, 0.25) is 0 Å². The Bertz CT molecular complexity index is 497. The van der Waals surface area contributed by atoms with Crippen molar-refractivity contribution in [2.45, 2.75) is 31.4 Å². The molecule has 126 valence electrons. The van der Waals surface area contributed by atoms with Crippen molar-refractivity contribution in [2.24, 2.45) is 7.05 Å². The normalized spacial score (nSPS) is 27.9. The fourth-order valence-electron chi connectivity index (χ4n) is 3.09. The summed E-state index contributed by atoms with van der Waals surface area (Å²) >= 11 is 0. The first-order valence-electron chi connectivity index (χ1n) is 7.27. The van der Waals surface area contributed by atoms with Crippen LogP contribution in [0.4, 0.5) is 0 Å². The molecule has 22 heavy (non-hydrogen) atoms. The van der Waals surface area contributed by atoms with Gasteiger partial charge in [-0.25, -0.2) is 0 Å². The highest BCUT2D eigenvalue weighted by atomic mass is 35.5. The van der Waals surface area contributed by atoms with Crippen LogP contribution in [0.1, 0.15) is 24.8 Å². The Morgan fingerprint density at radius 1 is 1.45 bits per heavy atom. The molecule has 1 N–H and O–H groups in total. The molecule has 8 heteroatoms. The van der Waals surface area contributed by atoms with E-state index in [0.29, 0.717) is 12.5 Å². The third-order valence-corrected chi connectivity index (χ3v) is 4.28. The Kier molecular flexibility index (Phi) is 7.12. The van der Waals surface area contributed by atoms with Crippen LogP contribution in [0.15, 0.2) is 12.4 Å². The van der Waals surface area contributed by atoms with Gasteiger partial charge in [0, 0.05) is 38.8 Å². The fraction of sp³-hybridized carbons (Fsp3) is 0.714. The second kappa shape index (κ2) is 8.15. The third-order valence-electron chi connectivity index (χ3n) is 4.28. The zero-order valence-corrected chi connectivity index (χ0v) is 14.5. The van der Waals surface area contributed by atoms with E-state index in [1.165, 1.54) is 5.56 Å². The molecular formula is C14H24Cl2N4O2. The van der Waals surface area contributed by atoms with Crippen molar-refractivity contribution in [1.29, 1.82) is 0 Å². The van der Waals surface area contributed by atoms with E-state index in [1.807, 2.05) is 35.9 Å². The number of halogens is 2. The molecule has 6 nitrogen and oxygen atoms in total. The van der Waals surface area contributed by atoms with Crippen molar-refractivity contribution in [2.75, 3.05) is 26.2 Å². The van der Waals surface area contributed by atoms with E-state index in [0.717, 1.165) is 26.1 Å². The standard InChI is InChI=1S/C14H22N4O2.2ClH/c1-10-13(15-4-6-20-10)14(19)18-5-3-11(9-18)12-7-16-17(2)8-12;;/h7-8,10-11,13,15H,3-6,9H2,1-2H3;2*1H/t10-,11?,13+;;/m1../s1. The van der Waals surface area contributed by atoms with Crippen molar-refractivity contribution in [3.05, 3.63) is 18.0 Å². The van der Waals surface area contributed by atoms with Crippen LogP contribution < -0.4 is 5.32 Å². The van der Waals surface area contributed by atoms with E-state index in [2.05, 4.69) is 10.4 Å². The van der Waals surface area contributed by atoms with Crippen molar-refractivity contribution >= 4 is 30.7 Å². The number of carbonyl (C=O) groups is 1. The molecule has 2 aliphatic rings. The van der Waals surface area contributed by atoms with Gasteiger partial charge >= 0.3 is 0 Å². The van der Waals surface area contributed by atoms with Gasteiger partial charge in [0.25, 0.3) is 0 Å². The van der Waals surface area contributed by atoms with E-state index < -0.39 is 0 Å². The maximum atomic E-state index is 12.6. The highest BCUT2D eigenvalue weighted by Gasteiger charge is 2.35. The SMILES string of the molecule is C[C@H]1OCCN[C@@H]1C(=O)N1CCC(c2cnn(C)c2)C1.Cl.Cl. The lowest BCUT2D eigenvalue weighted by Crippen LogP contribution is -2.56. The van der Waals surface area contributed by atoms with Crippen LogP contribution in [0.3, 0.4) is 0 Å². The second-order valence-electron chi connectivity index (χ2n) is 5.72. The molecule has 1 unspecified atom stereocenters. The van der Waals surface area contributed by atoms with Crippen LogP contribution in [-0.2, 0) is 16.6 Å². The molecule has 0 spiro atoms. The zero-order valence-electron chi connectivity index (χ0n) is 12.9. The lowest BCUT2D eigenvalue weighted by molar-refractivity contribution is -0.138. The number of aromatic nitrogens is 2. The monoisotopic (exact) mass is 350 g/mol. The maximum Gasteiger partial charge on any atom is 0.242 e. The lowest BCUT2D eigenvalue weighted by atomic mass is 10.0. The molecule has 1 aromatic heterocycles. The quantitative estimate of drug-likeness (QED) is 0.862. The van der Waals surface area contributed by atoms with E-state index in [-0.39, 0.29) is 42.9 Å². The van der Waals surface area contributed by atoms with Gasteiger partial charge in [-0.1, -0.05) is 0 Å². The predicted octanol–water partition coefficient (Wildman–Crippen LogP) is 0.956. The molecule has 2 aliphatic heterocycles. The summed E-state index contributed by atoms with van der Waals surface area (Å²) in [5, 5.41) is 7.49. The van der Waals surface area contributed by atoms with Crippen LogP contribution in [0.25, 0.3) is 0 Å². The molecule has 0 radical (unpaired) electrons. The lowest BCUT2D eigenvalue weighted by Gasteiger charge is -2.32. The topological polar surface area (TPSA) is 59.4 Å². The average Bonchev–Trinajstić information content (AvgIpc) is 3.07. The number of aryl methyl sites for hydroxylation is 1. The van der Waals surface area contributed by atoms with E-state index in [1.54, 1.807) is 0 Å². The maximum absolute atomic E-state index is 12.6. The number of amides is 1. The summed E-state index contributed by atoms with van der Waals surface area (Å²) in [5.41, 5.74) is 1.23. The molecule has 3 heterocycles. The zero-order chi connectivity index (χ0) is 14.1. The molecule has 0 saturated carbocycles. The fourth-order valence-corrected chi connectivity index (χ4v) is 3.09. The Morgan fingerprint density at radius 2 is 2.23 bits per heavy atom. The Balaban J connectivity index is 0.00000121. The molecule has 0 aliphatic carbocycles. The Morgan fingerprint density at radius 3 is 2.86 bits per heavy atom. The van der Waals surface area contributed by atoms with Gasteiger partial charge in [-0.05, 0) is 18.9 Å². The van der Waals surface area contributed by atoms with Crippen LogP contribution in [-0.4, -0.2) is 59.0 Å². The number of nitrogens with zero attached hydrogens (tertiary/aromatic N) is 3. The molecule has 3 rings (SSSR count). The molecule has 0 aromatic carbocycles. The van der Waals surface area contributed by atoms with E-state index in [4.69, 9.17) is 4.74 Å². The summed E-state index contributed by atoms with van der Waals surface area (Å²) in [7, 11) is 1.92. The summed E-state index contributed by atoms with van der Waals surface area (Å²) < 4.78 is 7.38. The van der Waals surface area contributed by atoms with Crippen molar-refractivity contribution < 1.29 is 9.53 Å². The van der Waals surface area contributed by atoms with Crippen molar-refractivity contribution in [3.8, 4) is 0 Å². The van der Waals surface area contributed by atoms with Crippen LogP contribution in [0.5, 0.6) is 0 Å². The molecule has 2 saturated heterocycles. The number of likely N-dealkylation sites (tertiary alicyclic amines) is 1. The number of ether oxygens (including phenoxy) is 1. The number of morpholine rings is 1. The minimum atomic E-state index is -0.198. The minimum absolute atomic E-state index is 0. The first-order valence-corrected chi connectivity index (χ1v) is 7.27. The molecule has 1 amide bonds. The molecule has 0 bridgehead atoms. The summed E-state index contributed by atoms with van der Waals surface area (Å²) in [4.78, 5) is 14.5. The number of hydrogen-bond acceptors (Lipinski definition) is 4. The van der Waals surface area contributed by atoms with E-state index in [9.17, 15) is 4.79 Å². The number of hydrogen-bond donors (Lipinski definition) is 1. The van der Waals surface area contributed by atoms with Crippen LogP contribution >= 0.6 is 24.8 Å². The predicted molar refractivity (Wildman–Crippen MR) is 88.8 cm³/mol. The van der Waals surface area contributed by atoms with Gasteiger partial charge in [-0.2, -0.15) is 5.10 Å². The first-order chi connectivity index (χ1) is 9.65. The number of nitrogens with one attached hydrogen (secondary N) is 1. The highest BCUT2D eigenvalue weighted by Crippen LogP contribution is 2.27. The summed E-state index contributed by atoms with van der Waals surface area (Å²) in [6, 6.07) is -0.198. The van der Waals surface area contributed by atoms with Gasteiger partial charge in [0.2, 0.25) is 5.91 Å². The largest absolute Gasteiger partial charge is 0.375 e. The summed E-state index contributed by atoms with van der Waals surface area (Å²) in [6.45, 7) is 5.01. The van der Waals surface area contributed by atoms with Gasteiger partial charge in [0.05, 0.1) is 18.9 Å². The number of rotatable bonds is 2. The van der Waals surface area contributed by atoms with Crippen molar-refractivity contribution in [3.63, 3.8) is 0 Å². The van der Waals surface area contributed by atoms with Gasteiger partial charge in [0.15, 0.2) is 0 Å². The molecule has 2 fully saturated rings. The minimum Gasteiger partial charge on any atom is -0.375 e. The molecule has 1 aromatic rings. The van der Waals surface area contributed by atoms with Crippen LogP contribution in [0, 0.1) is 0 Å². The molecular weight excluding hydrogens is 327 g/mol. The van der Waals surface area contributed by atoms with E-state index >= 15 is 0 Å². The highest BCUT2D eigenvalue weighted by molar-refractivity contribution is 5.85. The Labute approximate surface area is 143 Å². The smallest absolute Gasteiger partial charge is 0.242 e. The van der Waals surface area contributed by atoms with Gasteiger partial charge in [-0.15, -0.1) is 24.8 Å². The summed E-state index contributed by atoms with van der Waals surface area (Å²) in [6.07, 6.45) is 4.92. The van der Waals surface area contributed by atoms with Gasteiger partial charge in [0.1, 0.15) is 6.04 Å². The number of carbonyl (C=O) groups excluding carboxylic acids is 1. The van der Waals surface area contributed by atoms with Gasteiger partial charge < -0.3 is 15.0 Å². The first kappa shape index (κ1) is 19.2. The second-order valence-corrected chi connectivity index (χ2v) is 5.72. The third kappa shape index (κ3) is 3.93. The summed E-state index contributed by atoms with van der Waals surface area (Å²) in [5.74, 6) is 0.580. The Hall–Kier alpha value is -0.820. The average molecular weight is 351 g/mol. The van der Waals surface area contributed by atoms with Crippen molar-refractivity contribution in [1.82, 2.24) is 20.0 Å². The molecule has 3 atom stereocenters.